The summed E-state index contributed by atoms with van der Waals surface area (Å²) in [6.07, 6.45) is 7.56. The molecular formula is C36H54N4O6. The fourth-order valence-corrected chi connectivity index (χ4v) is 11.6. The van der Waals surface area contributed by atoms with Crippen molar-refractivity contribution in [1.82, 2.24) is 19.9 Å². The molecule has 1 spiro atoms. The molecule has 0 bridgehead atoms. The molecule has 10 heteroatoms. The lowest BCUT2D eigenvalue weighted by Gasteiger charge is -2.49. The second-order valence-electron chi connectivity index (χ2n) is 16.5. The summed E-state index contributed by atoms with van der Waals surface area (Å²) >= 11 is 0. The van der Waals surface area contributed by atoms with Crippen molar-refractivity contribution in [2.75, 3.05) is 6.54 Å². The molecule has 7 aliphatic rings. The highest BCUT2D eigenvalue weighted by molar-refractivity contribution is 5.38. The SMILES string of the molecule is CC1=C2CC3[C@@H](CC=C4C[C@@H](O)CC[C@@]43C)[C@@H]2CC[C@]12O[C@@H]1C[C@H](C)CN(Cc3cn(C4OC(C)C(O)C(O)C4O)nn3)[C@H]1[C@H]2C. The Bertz CT molecular complexity index is 1410. The zero-order chi connectivity index (χ0) is 32.3. The van der Waals surface area contributed by atoms with Crippen LogP contribution in [0.5, 0.6) is 0 Å². The number of hydrogen-bond acceptors (Lipinski definition) is 9. The molecule has 6 unspecified atom stereocenters. The van der Waals surface area contributed by atoms with Crippen LogP contribution in [-0.2, 0) is 16.0 Å². The molecule has 46 heavy (non-hydrogen) atoms. The average Bonchev–Trinajstić information content (AvgIpc) is 3.72. The smallest absolute Gasteiger partial charge is 0.180 e. The van der Waals surface area contributed by atoms with Crippen LogP contribution in [0.1, 0.15) is 97.9 Å². The molecule has 1 aromatic rings. The number of fused-ring (bicyclic) bond motifs is 6. The number of rotatable bonds is 3. The summed E-state index contributed by atoms with van der Waals surface area (Å²) in [5, 5.41) is 50.3. The van der Waals surface area contributed by atoms with Crippen molar-refractivity contribution in [3.8, 4) is 0 Å². The second-order valence-corrected chi connectivity index (χ2v) is 16.5. The first-order valence-electron chi connectivity index (χ1n) is 18.0. The van der Waals surface area contributed by atoms with Crippen LogP contribution in [0.3, 0.4) is 0 Å². The number of nitrogens with zero attached hydrogens (tertiary/aromatic N) is 4. The van der Waals surface area contributed by atoms with Gasteiger partial charge in [0.2, 0.25) is 0 Å². The number of aliphatic hydroxyl groups is 4. The third-order valence-electron chi connectivity index (χ3n) is 14.1. The van der Waals surface area contributed by atoms with Crippen LogP contribution >= 0.6 is 0 Å². The zero-order valence-electron chi connectivity index (χ0n) is 28.1. The van der Waals surface area contributed by atoms with Crippen LogP contribution in [0.2, 0.25) is 0 Å². The van der Waals surface area contributed by atoms with Gasteiger partial charge in [-0.05, 0) is 99.9 Å². The first kappa shape index (κ1) is 31.6. The van der Waals surface area contributed by atoms with E-state index < -0.39 is 30.6 Å². The first-order valence-corrected chi connectivity index (χ1v) is 18.0. The molecule has 2 saturated carbocycles. The van der Waals surface area contributed by atoms with E-state index in [1.54, 1.807) is 18.7 Å². The number of ether oxygens (including phenoxy) is 2. The molecule has 15 atom stereocenters. The number of piperidine rings is 1. The zero-order valence-corrected chi connectivity index (χ0v) is 28.1. The van der Waals surface area contributed by atoms with Crippen molar-refractivity contribution in [3.05, 3.63) is 34.7 Å². The topological polar surface area (TPSA) is 133 Å². The molecule has 10 nitrogen and oxygen atoms in total. The highest BCUT2D eigenvalue weighted by Gasteiger charge is 2.61. The van der Waals surface area contributed by atoms with Gasteiger partial charge in [0.05, 0.1) is 35.8 Å². The number of hydrogen-bond donors (Lipinski definition) is 4. The monoisotopic (exact) mass is 638 g/mol. The van der Waals surface area contributed by atoms with Gasteiger partial charge in [0.15, 0.2) is 6.23 Å². The van der Waals surface area contributed by atoms with Gasteiger partial charge in [-0.25, -0.2) is 4.68 Å². The van der Waals surface area contributed by atoms with Gasteiger partial charge in [0.25, 0.3) is 0 Å². The predicted octanol–water partition coefficient (Wildman–Crippen LogP) is 3.51. The maximum absolute atomic E-state index is 10.6. The number of aromatic nitrogens is 3. The van der Waals surface area contributed by atoms with Crippen LogP contribution in [0, 0.1) is 35.0 Å². The third-order valence-corrected chi connectivity index (χ3v) is 14.1. The van der Waals surface area contributed by atoms with E-state index in [1.165, 1.54) is 28.7 Å². The molecule has 4 aliphatic carbocycles. The summed E-state index contributed by atoms with van der Waals surface area (Å²) in [6, 6.07) is 0.274. The Labute approximate surface area is 272 Å². The molecule has 0 amide bonds. The first-order chi connectivity index (χ1) is 21.9. The van der Waals surface area contributed by atoms with Crippen LogP contribution in [0.15, 0.2) is 29.0 Å². The Morgan fingerprint density at radius 2 is 1.83 bits per heavy atom. The summed E-state index contributed by atoms with van der Waals surface area (Å²) in [7, 11) is 0. The van der Waals surface area contributed by atoms with E-state index in [2.05, 4.69) is 49.0 Å². The Morgan fingerprint density at radius 1 is 1.02 bits per heavy atom. The normalized spacial score (nSPS) is 50.6. The van der Waals surface area contributed by atoms with Crippen LogP contribution in [-0.4, -0.2) is 95.1 Å². The van der Waals surface area contributed by atoms with Crippen LogP contribution in [0.4, 0.5) is 0 Å². The largest absolute Gasteiger partial charge is 0.393 e. The molecule has 254 valence electrons. The minimum Gasteiger partial charge on any atom is -0.393 e. The van der Waals surface area contributed by atoms with Gasteiger partial charge in [-0.3, -0.25) is 4.90 Å². The molecule has 0 aromatic carbocycles. The number of aliphatic hydroxyl groups excluding tert-OH is 4. The van der Waals surface area contributed by atoms with Crippen molar-refractivity contribution >= 4 is 0 Å². The molecule has 4 N–H and O–H groups in total. The van der Waals surface area contributed by atoms with E-state index in [-0.39, 0.29) is 29.3 Å². The lowest BCUT2D eigenvalue weighted by atomic mass is 9.56. The van der Waals surface area contributed by atoms with Crippen molar-refractivity contribution in [1.29, 1.82) is 0 Å². The van der Waals surface area contributed by atoms with E-state index in [4.69, 9.17) is 9.47 Å². The van der Waals surface area contributed by atoms with Gasteiger partial charge in [0.1, 0.15) is 18.3 Å². The Kier molecular flexibility index (Phi) is 7.68. The summed E-state index contributed by atoms with van der Waals surface area (Å²) in [5.74, 6) is 2.86. The van der Waals surface area contributed by atoms with Gasteiger partial charge in [-0.1, -0.05) is 43.2 Å². The lowest BCUT2D eigenvalue weighted by molar-refractivity contribution is -0.243. The molecular weight excluding hydrogens is 584 g/mol. The summed E-state index contributed by atoms with van der Waals surface area (Å²) < 4.78 is 14.6. The number of allylic oxidation sites excluding steroid dienone is 2. The van der Waals surface area contributed by atoms with Gasteiger partial charge >= 0.3 is 0 Å². The number of likely N-dealkylation sites (tertiary alicyclic amines) is 1. The quantitative estimate of drug-likeness (QED) is 0.367. The van der Waals surface area contributed by atoms with Gasteiger partial charge < -0.3 is 29.9 Å². The minimum atomic E-state index is -1.31. The molecule has 3 aliphatic heterocycles. The fraction of sp³-hybridized carbons (Fsp3) is 0.833. The van der Waals surface area contributed by atoms with Crippen LogP contribution < -0.4 is 0 Å². The predicted molar refractivity (Wildman–Crippen MR) is 170 cm³/mol. The molecule has 1 aromatic heterocycles. The van der Waals surface area contributed by atoms with E-state index in [9.17, 15) is 20.4 Å². The highest BCUT2D eigenvalue weighted by atomic mass is 16.5. The molecule has 8 rings (SSSR count). The standard InChI is InChI=1S/C36H54N4O6/c1-18-12-29-30(39(15-18)16-23-17-40(38-37-23)34-33(44)32(43)31(42)21(4)45-34)20(3)36(46-29)11-9-25-26-7-6-22-13-24(41)8-10-35(22,5)28(26)14-27(25)19(36)2/h6,17-18,20-21,24-26,28-34,41-44H,7-16H2,1-5H3/t18-,20+,21?,24-,25-,26-,28?,29+,30-,31?,32?,33?,34?,35-,36-/m0/s1. The fourth-order valence-electron chi connectivity index (χ4n) is 11.6. The average molecular weight is 639 g/mol. The van der Waals surface area contributed by atoms with Crippen molar-refractivity contribution in [3.63, 3.8) is 0 Å². The van der Waals surface area contributed by atoms with Gasteiger partial charge in [0, 0.05) is 25.0 Å². The van der Waals surface area contributed by atoms with Gasteiger partial charge in [-0.15, -0.1) is 5.10 Å². The molecule has 5 fully saturated rings. The van der Waals surface area contributed by atoms with Crippen molar-refractivity contribution in [2.24, 2.45) is 35.0 Å². The minimum absolute atomic E-state index is 0.163. The Balaban J connectivity index is 1.04. The third kappa shape index (κ3) is 4.61. The van der Waals surface area contributed by atoms with Crippen molar-refractivity contribution < 1.29 is 29.9 Å². The summed E-state index contributed by atoms with van der Waals surface area (Å²) in [5.41, 5.74) is 5.49. The van der Waals surface area contributed by atoms with Crippen molar-refractivity contribution in [2.45, 2.75) is 147 Å². The van der Waals surface area contributed by atoms with E-state index in [1.807, 2.05) is 0 Å². The van der Waals surface area contributed by atoms with E-state index in [0.717, 1.165) is 50.8 Å². The molecule has 4 heterocycles. The highest BCUT2D eigenvalue weighted by Crippen LogP contribution is 2.65. The molecule has 3 saturated heterocycles. The van der Waals surface area contributed by atoms with Crippen LogP contribution in [0.25, 0.3) is 0 Å². The Hall–Kier alpha value is -1.66. The van der Waals surface area contributed by atoms with E-state index in [0.29, 0.717) is 36.1 Å². The maximum Gasteiger partial charge on any atom is 0.180 e. The lowest BCUT2D eigenvalue weighted by Crippen LogP contribution is -2.54. The maximum atomic E-state index is 10.6. The summed E-state index contributed by atoms with van der Waals surface area (Å²) in [6.45, 7) is 12.9. The van der Waals surface area contributed by atoms with E-state index >= 15 is 0 Å². The summed E-state index contributed by atoms with van der Waals surface area (Å²) in [4.78, 5) is 2.55. The van der Waals surface area contributed by atoms with Gasteiger partial charge in [-0.2, -0.15) is 0 Å². The second kappa shape index (κ2) is 11.2. The molecule has 0 radical (unpaired) electrons. The Morgan fingerprint density at radius 3 is 2.63 bits per heavy atom.